The number of thioether (sulfide) groups is 2. The first-order chi connectivity index (χ1) is 8.02. The average molecular weight is 291 g/mol. The third-order valence-corrected chi connectivity index (χ3v) is 4.98. The topological polar surface area (TPSA) is 54.9 Å². The van der Waals surface area contributed by atoms with Gasteiger partial charge in [0.1, 0.15) is 0 Å². The van der Waals surface area contributed by atoms with E-state index in [0.717, 1.165) is 15.2 Å². The Bertz CT molecular complexity index is 367. The summed E-state index contributed by atoms with van der Waals surface area (Å²) in [6, 6.07) is 0. The van der Waals surface area contributed by atoms with Crippen molar-refractivity contribution in [2.45, 2.75) is 34.7 Å². The number of carbonyl (C=O) groups is 1. The molecule has 0 saturated heterocycles. The van der Waals surface area contributed by atoms with Crippen LogP contribution >= 0.6 is 34.9 Å². The second-order valence-electron chi connectivity index (χ2n) is 3.94. The van der Waals surface area contributed by atoms with Crippen LogP contribution in [0.3, 0.4) is 0 Å². The van der Waals surface area contributed by atoms with Gasteiger partial charge in [0.15, 0.2) is 8.68 Å². The van der Waals surface area contributed by atoms with Gasteiger partial charge in [-0.15, -0.1) is 10.2 Å². The highest BCUT2D eigenvalue weighted by molar-refractivity contribution is 8.03. The standard InChI is InChI=1S/C10H17N3OS3/c1-6(2)5-11-8(14)7(3)16-10-13-12-9(15-4)17-10/h6-7H,5H2,1-4H3,(H,11,14). The first kappa shape index (κ1) is 14.8. The lowest BCUT2D eigenvalue weighted by atomic mass is 10.2. The van der Waals surface area contributed by atoms with Gasteiger partial charge in [-0.25, -0.2) is 0 Å². The van der Waals surface area contributed by atoms with Gasteiger partial charge in [-0.1, -0.05) is 48.7 Å². The summed E-state index contributed by atoms with van der Waals surface area (Å²) in [5.41, 5.74) is 0. The number of hydrogen-bond donors (Lipinski definition) is 1. The minimum absolute atomic E-state index is 0.0598. The summed E-state index contributed by atoms with van der Waals surface area (Å²) in [6.07, 6.45) is 1.97. The molecule has 0 aromatic carbocycles. The van der Waals surface area contributed by atoms with Gasteiger partial charge >= 0.3 is 0 Å². The van der Waals surface area contributed by atoms with Crippen LogP contribution in [0.25, 0.3) is 0 Å². The molecular formula is C10H17N3OS3. The lowest BCUT2D eigenvalue weighted by molar-refractivity contribution is -0.120. The van der Waals surface area contributed by atoms with E-state index in [1.807, 2.05) is 13.2 Å². The maximum absolute atomic E-state index is 11.7. The van der Waals surface area contributed by atoms with Crippen molar-refractivity contribution in [1.29, 1.82) is 0 Å². The second kappa shape index (κ2) is 7.23. The molecule has 1 aromatic heterocycles. The van der Waals surface area contributed by atoms with Crippen LogP contribution in [-0.2, 0) is 4.79 Å². The molecule has 1 atom stereocenters. The lowest BCUT2D eigenvalue weighted by Gasteiger charge is -2.11. The molecule has 0 radical (unpaired) electrons. The Morgan fingerprint density at radius 3 is 2.53 bits per heavy atom. The SMILES string of the molecule is CSc1nnc(SC(C)C(=O)NCC(C)C)s1. The number of rotatable bonds is 6. The van der Waals surface area contributed by atoms with Crippen molar-refractivity contribution >= 4 is 40.8 Å². The van der Waals surface area contributed by atoms with E-state index in [4.69, 9.17) is 0 Å². The summed E-state index contributed by atoms with van der Waals surface area (Å²) in [5.74, 6) is 0.533. The maximum Gasteiger partial charge on any atom is 0.233 e. The zero-order valence-corrected chi connectivity index (χ0v) is 12.8. The van der Waals surface area contributed by atoms with Crippen LogP contribution in [-0.4, -0.2) is 34.2 Å². The summed E-state index contributed by atoms with van der Waals surface area (Å²) in [4.78, 5) is 11.7. The van der Waals surface area contributed by atoms with Crippen molar-refractivity contribution in [1.82, 2.24) is 15.5 Å². The van der Waals surface area contributed by atoms with Crippen molar-refractivity contribution in [2.24, 2.45) is 5.92 Å². The summed E-state index contributed by atoms with van der Waals surface area (Å²) in [5, 5.41) is 10.8. The molecule has 7 heteroatoms. The van der Waals surface area contributed by atoms with Crippen LogP contribution < -0.4 is 5.32 Å². The van der Waals surface area contributed by atoms with Crippen LogP contribution in [0.4, 0.5) is 0 Å². The monoisotopic (exact) mass is 291 g/mol. The van der Waals surface area contributed by atoms with Gasteiger partial charge in [0.25, 0.3) is 0 Å². The Hall–Kier alpha value is -0.270. The van der Waals surface area contributed by atoms with Crippen LogP contribution in [0.15, 0.2) is 8.68 Å². The zero-order chi connectivity index (χ0) is 12.8. The van der Waals surface area contributed by atoms with Crippen LogP contribution in [0.5, 0.6) is 0 Å². The predicted molar refractivity (Wildman–Crippen MR) is 74.9 cm³/mol. The van der Waals surface area contributed by atoms with Gasteiger partial charge in [0.05, 0.1) is 5.25 Å². The lowest BCUT2D eigenvalue weighted by Crippen LogP contribution is -2.33. The number of carbonyl (C=O) groups excluding carboxylic acids is 1. The molecule has 0 fully saturated rings. The normalized spacial score (nSPS) is 12.8. The second-order valence-corrected chi connectivity index (χ2v) is 7.56. The predicted octanol–water partition coefficient (Wildman–Crippen LogP) is 2.51. The van der Waals surface area contributed by atoms with Crippen molar-refractivity contribution in [3.8, 4) is 0 Å². The van der Waals surface area contributed by atoms with E-state index in [2.05, 4.69) is 29.4 Å². The van der Waals surface area contributed by atoms with Gasteiger partial charge in [0.2, 0.25) is 5.91 Å². The first-order valence-corrected chi connectivity index (χ1v) is 8.27. The highest BCUT2D eigenvalue weighted by atomic mass is 32.2. The van der Waals surface area contributed by atoms with E-state index in [1.165, 1.54) is 23.1 Å². The molecule has 1 N–H and O–H groups in total. The Balaban J connectivity index is 2.42. The fourth-order valence-electron chi connectivity index (χ4n) is 0.980. The molecule has 96 valence electrons. The van der Waals surface area contributed by atoms with E-state index >= 15 is 0 Å². The summed E-state index contributed by atoms with van der Waals surface area (Å²) < 4.78 is 1.78. The number of aromatic nitrogens is 2. The Morgan fingerprint density at radius 2 is 2.00 bits per heavy atom. The molecule has 0 spiro atoms. The molecule has 17 heavy (non-hydrogen) atoms. The van der Waals surface area contributed by atoms with E-state index in [1.54, 1.807) is 11.8 Å². The largest absolute Gasteiger partial charge is 0.355 e. The van der Waals surface area contributed by atoms with Gasteiger partial charge in [-0.3, -0.25) is 4.79 Å². The zero-order valence-electron chi connectivity index (χ0n) is 10.4. The van der Waals surface area contributed by atoms with Crippen molar-refractivity contribution < 1.29 is 4.79 Å². The molecule has 0 aliphatic heterocycles. The molecule has 1 rings (SSSR count). The van der Waals surface area contributed by atoms with Crippen LogP contribution in [0, 0.1) is 5.92 Å². The minimum Gasteiger partial charge on any atom is -0.355 e. The fraction of sp³-hybridized carbons (Fsp3) is 0.700. The molecule has 1 amide bonds. The van der Waals surface area contributed by atoms with E-state index < -0.39 is 0 Å². The molecule has 0 aliphatic rings. The Kier molecular flexibility index (Phi) is 6.29. The summed E-state index contributed by atoms with van der Waals surface area (Å²) in [7, 11) is 0. The number of hydrogen-bond acceptors (Lipinski definition) is 6. The van der Waals surface area contributed by atoms with Crippen molar-refractivity contribution in [3.05, 3.63) is 0 Å². The molecule has 0 bridgehead atoms. The van der Waals surface area contributed by atoms with Crippen molar-refractivity contribution in [3.63, 3.8) is 0 Å². The van der Waals surface area contributed by atoms with Gasteiger partial charge in [0, 0.05) is 6.54 Å². The third kappa shape index (κ3) is 5.27. The number of amides is 1. The molecular weight excluding hydrogens is 274 g/mol. The molecule has 1 unspecified atom stereocenters. The van der Waals surface area contributed by atoms with Crippen LogP contribution in [0.2, 0.25) is 0 Å². The smallest absolute Gasteiger partial charge is 0.233 e. The van der Waals surface area contributed by atoms with Gasteiger partial charge < -0.3 is 5.32 Å². The third-order valence-electron chi connectivity index (χ3n) is 1.89. The van der Waals surface area contributed by atoms with Crippen molar-refractivity contribution in [2.75, 3.05) is 12.8 Å². The number of nitrogens with one attached hydrogen (secondary N) is 1. The average Bonchev–Trinajstić information content (AvgIpc) is 2.73. The number of nitrogens with zero attached hydrogens (tertiary/aromatic N) is 2. The first-order valence-electron chi connectivity index (χ1n) is 5.34. The molecule has 0 aliphatic carbocycles. The van der Waals surface area contributed by atoms with E-state index in [-0.39, 0.29) is 11.2 Å². The van der Waals surface area contributed by atoms with E-state index in [0.29, 0.717) is 5.92 Å². The molecule has 1 heterocycles. The summed E-state index contributed by atoms with van der Waals surface area (Å²) >= 11 is 4.56. The molecule has 1 aromatic rings. The molecule has 0 saturated carbocycles. The fourth-order valence-corrected chi connectivity index (χ4v) is 3.59. The van der Waals surface area contributed by atoms with E-state index in [9.17, 15) is 4.79 Å². The summed E-state index contributed by atoms with van der Waals surface area (Å²) in [6.45, 7) is 6.76. The quantitative estimate of drug-likeness (QED) is 0.816. The maximum atomic E-state index is 11.7. The van der Waals surface area contributed by atoms with Crippen LogP contribution in [0.1, 0.15) is 20.8 Å². The highest BCUT2D eigenvalue weighted by Crippen LogP contribution is 2.30. The minimum atomic E-state index is -0.128. The Labute approximate surface area is 114 Å². The van der Waals surface area contributed by atoms with Gasteiger partial charge in [-0.2, -0.15) is 0 Å². The van der Waals surface area contributed by atoms with Gasteiger partial charge in [-0.05, 0) is 19.1 Å². The highest BCUT2D eigenvalue weighted by Gasteiger charge is 2.16. The molecule has 4 nitrogen and oxygen atoms in total. The Morgan fingerprint density at radius 1 is 1.35 bits per heavy atom.